The van der Waals surface area contributed by atoms with Gasteiger partial charge in [-0.05, 0) is 48.0 Å². The van der Waals surface area contributed by atoms with Crippen molar-refractivity contribution in [2.45, 2.75) is 19.3 Å². The first kappa shape index (κ1) is 18.6. The van der Waals surface area contributed by atoms with Crippen LogP contribution < -0.4 is 5.32 Å². The number of Topliss-reactive ketones (excluding diaryl/α,β-unsaturated/α-hetero) is 1. The number of halogens is 1. The smallest absolute Gasteiger partial charge is 0.226 e. The van der Waals surface area contributed by atoms with Crippen LogP contribution in [0.3, 0.4) is 0 Å². The number of aryl methyl sites for hydroxylation is 1. The number of aromatic nitrogens is 2. The van der Waals surface area contributed by atoms with Crippen LogP contribution in [0.25, 0.3) is 16.5 Å². The van der Waals surface area contributed by atoms with Crippen LogP contribution in [-0.2, 0) is 4.79 Å². The topological polar surface area (TPSA) is 64.0 Å². The molecule has 0 aliphatic carbocycles. The molecule has 0 bridgehead atoms. The Morgan fingerprint density at radius 1 is 1.07 bits per heavy atom. The Morgan fingerprint density at radius 3 is 2.57 bits per heavy atom. The lowest BCUT2D eigenvalue weighted by Crippen LogP contribution is -2.28. The molecule has 0 saturated carbocycles. The van der Waals surface area contributed by atoms with Crippen molar-refractivity contribution in [2.24, 2.45) is 0 Å². The Balaban J connectivity index is 1.60. The summed E-state index contributed by atoms with van der Waals surface area (Å²) in [6.07, 6.45) is 0.103. The third-order valence-electron chi connectivity index (χ3n) is 5.52. The molecule has 1 aliphatic rings. The van der Waals surface area contributed by atoms with Crippen LogP contribution in [0.5, 0.6) is 0 Å². The largest absolute Gasteiger partial charge is 0.310 e. The number of ketones is 1. The number of carbonyl (C=O) groups is 2. The molecule has 0 saturated heterocycles. The summed E-state index contributed by atoms with van der Waals surface area (Å²) in [6, 6.07) is 20.8. The Kier molecular flexibility index (Phi) is 4.40. The van der Waals surface area contributed by atoms with Crippen molar-refractivity contribution >= 4 is 39.9 Å². The summed E-state index contributed by atoms with van der Waals surface area (Å²) in [5.41, 5.74) is 2.85. The van der Waals surface area contributed by atoms with Crippen LogP contribution in [0.4, 0.5) is 5.82 Å². The van der Waals surface area contributed by atoms with E-state index in [0.717, 1.165) is 27.7 Å². The van der Waals surface area contributed by atoms with Crippen LogP contribution in [0.2, 0.25) is 5.02 Å². The molecule has 1 N–H and O–H groups in total. The number of rotatable bonds is 3. The maximum Gasteiger partial charge on any atom is 0.226 e. The molecule has 5 nitrogen and oxygen atoms in total. The Hall–Kier alpha value is -3.44. The zero-order valence-electron chi connectivity index (χ0n) is 16.2. The van der Waals surface area contributed by atoms with E-state index in [0.29, 0.717) is 16.4 Å². The molecule has 1 unspecified atom stereocenters. The van der Waals surface area contributed by atoms with Gasteiger partial charge in [0.25, 0.3) is 0 Å². The minimum atomic E-state index is -0.573. The van der Waals surface area contributed by atoms with E-state index in [1.165, 1.54) is 0 Å². The average molecular weight is 416 g/mol. The van der Waals surface area contributed by atoms with E-state index in [4.69, 9.17) is 11.6 Å². The molecular formula is C24H18ClN3O2. The van der Waals surface area contributed by atoms with Crippen LogP contribution in [0.15, 0.2) is 66.7 Å². The predicted molar refractivity (Wildman–Crippen MR) is 118 cm³/mol. The van der Waals surface area contributed by atoms with Gasteiger partial charge in [0.2, 0.25) is 5.91 Å². The van der Waals surface area contributed by atoms with E-state index in [2.05, 4.69) is 10.4 Å². The molecule has 1 amide bonds. The molecule has 0 fully saturated rings. The first-order valence-corrected chi connectivity index (χ1v) is 10.1. The molecule has 2 heterocycles. The summed E-state index contributed by atoms with van der Waals surface area (Å²) < 4.78 is 1.67. The fourth-order valence-corrected chi connectivity index (χ4v) is 4.21. The third-order valence-corrected chi connectivity index (χ3v) is 5.78. The molecule has 0 radical (unpaired) electrons. The van der Waals surface area contributed by atoms with E-state index >= 15 is 0 Å². The lowest BCUT2D eigenvalue weighted by Gasteiger charge is -2.23. The summed E-state index contributed by atoms with van der Waals surface area (Å²) in [7, 11) is 0. The van der Waals surface area contributed by atoms with Crippen LogP contribution in [0, 0.1) is 6.92 Å². The Bertz CT molecular complexity index is 1310. The summed E-state index contributed by atoms with van der Waals surface area (Å²) in [5, 5.41) is 10.2. The highest BCUT2D eigenvalue weighted by Gasteiger charge is 2.36. The quantitative estimate of drug-likeness (QED) is 0.462. The molecule has 148 valence electrons. The van der Waals surface area contributed by atoms with Gasteiger partial charge in [-0.25, -0.2) is 4.68 Å². The number of hydrogen-bond acceptors (Lipinski definition) is 3. The van der Waals surface area contributed by atoms with Crippen molar-refractivity contribution in [3.8, 4) is 5.69 Å². The average Bonchev–Trinajstić information content (AvgIpc) is 3.09. The molecule has 0 spiro atoms. The fourth-order valence-electron chi connectivity index (χ4n) is 4.08. The standard InChI is InChI=1S/C24H18ClN3O2/c1-14-22-20(23(30)17-7-6-15-4-2-3-5-16(15)12-17)13-21(29)26-24(22)28(27-14)19-10-8-18(25)9-11-19/h2-12,20H,13H2,1H3,(H,26,29). The predicted octanol–water partition coefficient (Wildman–Crippen LogP) is 5.30. The molecular weight excluding hydrogens is 398 g/mol. The number of benzene rings is 3. The number of hydrogen-bond donors (Lipinski definition) is 1. The molecule has 4 aromatic rings. The van der Waals surface area contributed by atoms with E-state index in [1.54, 1.807) is 16.8 Å². The van der Waals surface area contributed by atoms with Crippen LogP contribution >= 0.6 is 11.6 Å². The second-order valence-electron chi connectivity index (χ2n) is 7.47. The van der Waals surface area contributed by atoms with Gasteiger partial charge in [-0.2, -0.15) is 5.10 Å². The van der Waals surface area contributed by atoms with Gasteiger partial charge in [0.1, 0.15) is 5.82 Å². The SMILES string of the molecule is Cc1nn(-c2ccc(Cl)cc2)c2c1C(C(=O)c1ccc3ccccc3c1)CC(=O)N2. The number of fused-ring (bicyclic) bond motifs is 2. The van der Waals surface area contributed by atoms with Crippen molar-refractivity contribution in [1.29, 1.82) is 0 Å². The minimum Gasteiger partial charge on any atom is -0.310 e. The molecule has 6 heteroatoms. The van der Waals surface area contributed by atoms with E-state index < -0.39 is 5.92 Å². The number of nitrogens with zero attached hydrogens (tertiary/aromatic N) is 2. The number of anilines is 1. The molecule has 1 aliphatic heterocycles. The van der Waals surface area contributed by atoms with Crippen molar-refractivity contribution < 1.29 is 9.59 Å². The highest BCUT2D eigenvalue weighted by Crippen LogP contribution is 2.38. The lowest BCUT2D eigenvalue weighted by atomic mass is 9.85. The molecule has 1 atom stereocenters. The summed E-state index contributed by atoms with van der Waals surface area (Å²) in [6.45, 7) is 1.86. The first-order valence-electron chi connectivity index (χ1n) is 9.69. The summed E-state index contributed by atoms with van der Waals surface area (Å²) in [4.78, 5) is 26.0. The third kappa shape index (κ3) is 3.08. The maximum absolute atomic E-state index is 13.5. The normalized spacial score (nSPS) is 15.7. The van der Waals surface area contributed by atoms with Gasteiger partial charge in [0, 0.05) is 22.6 Å². The maximum atomic E-state index is 13.5. The van der Waals surface area contributed by atoms with E-state index in [-0.39, 0.29) is 18.1 Å². The molecule has 3 aromatic carbocycles. The van der Waals surface area contributed by atoms with Crippen LogP contribution in [-0.4, -0.2) is 21.5 Å². The second kappa shape index (κ2) is 7.11. The summed E-state index contributed by atoms with van der Waals surface area (Å²) >= 11 is 6.00. The van der Waals surface area contributed by atoms with E-state index in [1.807, 2.05) is 61.5 Å². The van der Waals surface area contributed by atoms with E-state index in [9.17, 15) is 9.59 Å². The lowest BCUT2D eigenvalue weighted by molar-refractivity contribution is -0.116. The van der Waals surface area contributed by atoms with Gasteiger partial charge < -0.3 is 5.32 Å². The second-order valence-corrected chi connectivity index (χ2v) is 7.90. The molecule has 5 rings (SSSR count). The number of amides is 1. The first-order chi connectivity index (χ1) is 14.5. The number of carbonyl (C=O) groups excluding carboxylic acids is 2. The zero-order chi connectivity index (χ0) is 20.8. The molecule has 1 aromatic heterocycles. The monoisotopic (exact) mass is 415 g/mol. The van der Waals surface area contributed by atoms with Crippen molar-refractivity contribution in [1.82, 2.24) is 9.78 Å². The summed E-state index contributed by atoms with van der Waals surface area (Å²) in [5.74, 6) is -0.298. The zero-order valence-corrected chi connectivity index (χ0v) is 17.0. The highest BCUT2D eigenvalue weighted by atomic mass is 35.5. The van der Waals surface area contributed by atoms with Crippen LogP contribution in [0.1, 0.15) is 34.0 Å². The van der Waals surface area contributed by atoms with Crippen molar-refractivity contribution in [3.63, 3.8) is 0 Å². The Labute approximate surface area is 178 Å². The highest BCUT2D eigenvalue weighted by molar-refractivity contribution is 6.30. The minimum absolute atomic E-state index is 0.0735. The van der Waals surface area contributed by atoms with Gasteiger partial charge in [-0.15, -0.1) is 0 Å². The van der Waals surface area contributed by atoms with Gasteiger partial charge >= 0.3 is 0 Å². The van der Waals surface area contributed by atoms with Gasteiger partial charge in [0.15, 0.2) is 5.78 Å². The number of nitrogens with one attached hydrogen (secondary N) is 1. The van der Waals surface area contributed by atoms with Gasteiger partial charge in [0.05, 0.1) is 17.3 Å². The van der Waals surface area contributed by atoms with Gasteiger partial charge in [-0.1, -0.05) is 48.0 Å². The fraction of sp³-hybridized carbons (Fsp3) is 0.125. The van der Waals surface area contributed by atoms with Crippen molar-refractivity contribution in [3.05, 3.63) is 88.6 Å². The Morgan fingerprint density at radius 2 is 1.80 bits per heavy atom. The molecule has 30 heavy (non-hydrogen) atoms. The van der Waals surface area contributed by atoms with Gasteiger partial charge in [-0.3, -0.25) is 9.59 Å². The van der Waals surface area contributed by atoms with Crippen molar-refractivity contribution in [2.75, 3.05) is 5.32 Å².